The van der Waals surface area contributed by atoms with Gasteiger partial charge in [-0.05, 0) is 78.3 Å². The topological polar surface area (TPSA) is 219 Å². The molecule has 0 unspecified atom stereocenters. The van der Waals surface area contributed by atoms with Gasteiger partial charge in [-0.1, -0.05) is 175 Å². The van der Waals surface area contributed by atoms with Crippen LogP contribution in [0.4, 0.5) is 0 Å². The van der Waals surface area contributed by atoms with E-state index < -0.39 is 18.2 Å². The molecule has 1 aliphatic rings. The van der Waals surface area contributed by atoms with E-state index in [9.17, 15) is 33.6 Å². The minimum absolute atomic E-state index is 0.0621. The van der Waals surface area contributed by atoms with Crippen LogP contribution < -0.4 is 0 Å². The summed E-state index contributed by atoms with van der Waals surface area (Å²) in [6, 6.07) is 0. The molecule has 76 heavy (non-hydrogen) atoms. The van der Waals surface area contributed by atoms with Crippen molar-refractivity contribution >= 4 is 41.8 Å². The summed E-state index contributed by atoms with van der Waals surface area (Å²) in [5.74, 6) is -2.15. The van der Waals surface area contributed by atoms with E-state index in [1.54, 1.807) is 19.0 Å². The number of unbranched alkanes of at least 4 members (excludes halogenated alkanes) is 27. The number of rotatable bonds is 50. The minimum Gasteiger partial charge on any atom is -0.481 e. The highest BCUT2D eigenvalue weighted by atomic mass is 16.7. The van der Waals surface area contributed by atoms with Crippen LogP contribution in [-0.2, 0) is 62.0 Å². The zero-order chi connectivity index (χ0) is 56.5. The van der Waals surface area contributed by atoms with Crippen molar-refractivity contribution in [2.75, 3.05) is 47.1 Å². The first-order valence-corrected chi connectivity index (χ1v) is 30.3. The van der Waals surface area contributed by atoms with Crippen LogP contribution in [0, 0.1) is 0 Å². The van der Waals surface area contributed by atoms with Gasteiger partial charge in [-0.3, -0.25) is 38.5 Å². The molecule has 0 aliphatic carbocycles. The van der Waals surface area contributed by atoms with E-state index in [4.69, 9.17) is 38.6 Å². The number of carbonyl (C=O) groups excluding carboxylic acids is 5. The second-order valence-corrected chi connectivity index (χ2v) is 20.7. The molecule has 16 nitrogen and oxygen atoms in total. The van der Waals surface area contributed by atoms with Crippen molar-refractivity contribution in [3.8, 4) is 0 Å². The van der Waals surface area contributed by atoms with E-state index in [0.29, 0.717) is 58.3 Å². The molecule has 1 fully saturated rings. The van der Waals surface area contributed by atoms with E-state index in [0.717, 1.165) is 154 Å². The summed E-state index contributed by atoms with van der Waals surface area (Å²) in [6.07, 6.45) is 38.0. The standard InChI is InChI=1S/C26H47NO7.2C17H32O4/c1-4-5-6-9-12-15-23(28)31-19-14-11-8-7-10-13-16-24(29)34-26-18-17-22(33-26)21-32-25(30)20-27(2)3;2*1-2-3-4-7-11-14-17(20)21-15-12-9-6-5-8-10-13-16(18)19/h22,26H,4-21H2,1-3H3;2*2-15H2,1H3,(H,18,19)/t22-,26-;;/m0../s1. The molecule has 0 amide bonds. The minimum atomic E-state index is -0.711. The molecule has 2 atom stereocenters. The van der Waals surface area contributed by atoms with Gasteiger partial charge in [0.1, 0.15) is 6.61 Å². The van der Waals surface area contributed by atoms with Gasteiger partial charge in [-0.25, -0.2) is 0 Å². The Balaban J connectivity index is 0. The fourth-order valence-corrected chi connectivity index (χ4v) is 8.22. The second-order valence-electron chi connectivity index (χ2n) is 20.7. The lowest BCUT2D eigenvalue weighted by Gasteiger charge is -2.15. The fraction of sp³-hybridized carbons (Fsp3) is 0.883. The van der Waals surface area contributed by atoms with Crippen molar-refractivity contribution in [1.82, 2.24) is 4.90 Å². The third-order valence-corrected chi connectivity index (χ3v) is 12.8. The Morgan fingerprint density at radius 3 is 1.01 bits per heavy atom. The molecule has 0 aromatic carbocycles. The second kappa shape index (κ2) is 57.4. The quantitative estimate of drug-likeness (QED) is 0.0329. The molecule has 1 aliphatic heterocycles. The van der Waals surface area contributed by atoms with Gasteiger partial charge >= 0.3 is 41.8 Å². The van der Waals surface area contributed by atoms with Gasteiger partial charge in [0.15, 0.2) is 0 Å². The number of carbonyl (C=O) groups is 7. The van der Waals surface area contributed by atoms with Crippen molar-refractivity contribution in [2.24, 2.45) is 0 Å². The zero-order valence-electron chi connectivity index (χ0n) is 48.8. The molecule has 446 valence electrons. The summed E-state index contributed by atoms with van der Waals surface area (Å²) in [7, 11) is 3.61. The number of ether oxygens (including phenoxy) is 6. The van der Waals surface area contributed by atoms with Crippen LogP contribution in [0.2, 0.25) is 0 Å². The van der Waals surface area contributed by atoms with Gasteiger partial charge in [0.25, 0.3) is 0 Å². The third kappa shape index (κ3) is 59.5. The van der Waals surface area contributed by atoms with Crippen molar-refractivity contribution in [3.63, 3.8) is 0 Å². The van der Waals surface area contributed by atoms with Crippen LogP contribution >= 0.6 is 0 Å². The lowest BCUT2D eigenvalue weighted by Crippen LogP contribution is -2.27. The molecule has 0 bridgehead atoms. The number of carboxylic acids is 2. The number of likely N-dealkylation sites (N-methyl/N-ethyl adjacent to an activating group) is 1. The number of esters is 5. The Bertz CT molecular complexity index is 1360. The molecular formula is C60H111NO15. The maximum absolute atomic E-state index is 12.0. The summed E-state index contributed by atoms with van der Waals surface area (Å²) < 4.78 is 31.9. The molecular weight excluding hydrogens is 975 g/mol. The monoisotopic (exact) mass is 1090 g/mol. The number of nitrogens with zero attached hydrogens (tertiary/aromatic N) is 1. The van der Waals surface area contributed by atoms with E-state index >= 15 is 0 Å². The van der Waals surface area contributed by atoms with Crippen molar-refractivity contribution in [3.05, 3.63) is 0 Å². The maximum Gasteiger partial charge on any atom is 0.320 e. The molecule has 1 saturated heterocycles. The molecule has 1 heterocycles. The number of aliphatic carboxylic acids is 2. The van der Waals surface area contributed by atoms with E-state index in [-0.39, 0.29) is 61.9 Å². The third-order valence-electron chi connectivity index (χ3n) is 12.8. The van der Waals surface area contributed by atoms with Crippen molar-refractivity contribution < 1.29 is 72.2 Å². The zero-order valence-corrected chi connectivity index (χ0v) is 48.8. The van der Waals surface area contributed by atoms with Crippen LogP contribution in [0.1, 0.15) is 284 Å². The van der Waals surface area contributed by atoms with Crippen LogP contribution in [0.25, 0.3) is 0 Å². The average molecular weight is 1090 g/mol. The Kier molecular flexibility index (Phi) is 56.1. The summed E-state index contributed by atoms with van der Waals surface area (Å²) in [4.78, 5) is 80.5. The fourth-order valence-electron chi connectivity index (χ4n) is 8.22. The first-order chi connectivity index (χ1) is 36.7. The van der Waals surface area contributed by atoms with Crippen molar-refractivity contribution in [1.29, 1.82) is 0 Å². The van der Waals surface area contributed by atoms with E-state index in [1.165, 1.54) is 57.8 Å². The smallest absolute Gasteiger partial charge is 0.320 e. The molecule has 0 saturated carbocycles. The number of hydrogen-bond acceptors (Lipinski definition) is 14. The molecule has 16 heteroatoms. The predicted molar refractivity (Wildman–Crippen MR) is 299 cm³/mol. The van der Waals surface area contributed by atoms with Gasteiger partial charge in [-0.2, -0.15) is 0 Å². The largest absolute Gasteiger partial charge is 0.481 e. The maximum atomic E-state index is 12.0. The van der Waals surface area contributed by atoms with E-state index in [1.807, 2.05) is 0 Å². The highest BCUT2D eigenvalue weighted by Crippen LogP contribution is 2.22. The number of hydrogen-bond donors (Lipinski definition) is 2. The lowest BCUT2D eigenvalue weighted by atomic mass is 10.1. The highest BCUT2D eigenvalue weighted by Gasteiger charge is 2.29. The van der Waals surface area contributed by atoms with Gasteiger partial charge in [0.05, 0.1) is 32.5 Å². The Morgan fingerprint density at radius 2 is 0.684 bits per heavy atom. The van der Waals surface area contributed by atoms with Gasteiger partial charge in [-0.15, -0.1) is 0 Å². The molecule has 0 aromatic heterocycles. The average Bonchev–Trinajstić information content (AvgIpc) is 3.83. The van der Waals surface area contributed by atoms with Crippen molar-refractivity contribution in [2.45, 2.75) is 296 Å². The first kappa shape index (κ1) is 74.3. The predicted octanol–water partition coefficient (Wildman–Crippen LogP) is 14.2. The van der Waals surface area contributed by atoms with Crippen LogP contribution in [0.15, 0.2) is 0 Å². The Morgan fingerprint density at radius 1 is 0.382 bits per heavy atom. The summed E-state index contributed by atoms with van der Waals surface area (Å²) in [5.41, 5.74) is 0. The van der Waals surface area contributed by atoms with Gasteiger partial charge in [0, 0.05) is 44.9 Å². The summed E-state index contributed by atoms with van der Waals surface area (Å²) in [5, 5.41) is 17.0. The molecule has 0 radical (unpaired) electrons. The first-order valence-electron chi connectivity index (χ1n) is 30.3. The lowest BCUT2D eigenvalue weighted by molar-refractivity contribution is -0.180. The van der Waals surface area contributed by atoms with Crippen LogP contribution in [0.5, 0.6) is 0 Å². The molecule has 2 N–H and O–H groups in total. The van der Waals surface area contributed by atoms with Crippen LogP contribution in [-0.4, -0.2) is 116 Å². The van der Waals surface area contributed by atoms with Gasteiger partial charge < -0.3 is 38.6 Å². The number of carboxylic acid groups (broad SMARTS) is 2. The normalized spacial score (nSPS) is 13.7. The van der Waals surface area contributed by atoms with Gasteiger partial charge in [0.2, 0.25) is 6.29 Å². The molecule has 1 rings (SSSR count). The highest BCUT2D eigenvalue weighted by molar-refractivity contribution is 5.72. The van der Waals surface area contributed by atoms with Crippen LogP contribution in [0.3, 0.4) is 0 Å². The molecule has 0 spiro atoms. The molecule has 0 aromatic rings. The SMILES string of the molecule is CCCCCCCC(=O)OCCCCCCCCC(=O)O.CCCCCCCC(=O)OCCCCCCCCC(=O)O.CCCCCCCC(=O)OCCCCCCCCC(=O)O[C@H]1CC[C@@H](COC(=O)CN(C)C)O1. The Labute approximate surface area is 460 Å². The summed E-state index contributed by atoms with van der Waals surface area (Å²) in [6.45, 7) is 8.54. The summed E-state index contributed by atoms with van der Waals surface area (Å²) >= 11 is 0. The Hall–Kier alpha value is -3.79. The van der Waals surface area contributed by atoms with E-state index in [2.05, 4.69) is 20.8 Å².